The lowest BCUT2D eigenvalue weighted by molar-refractivity contribution is 0.620. The minimum absolute atomic E-state index is 0.229. The number of hydrogen-bond acceptors (Lipinski definition) is 5. The van der Waals surface area contributed by atoms with E-state index in [0.717, 1.165) is 37.6 Å². The summed E-state index contributed by atoms with van der Waals surface area (Å²) < 4.78 is 1.41. The van der Waals surface area contributed by atoms with E-state index in [2.05, 4.69) is 19.9 Å². The van der Waals surface area contributed by atoms with Gasteiger partial charge in [0.1, 0.15) is 10.8 Å². The summed E-state index contributed by atoms with van der Waals surface area (Å²) in [6, 6.07) is 15.7. The monoisotopic (exact) mass is 381 g/mol. The molecule has 1 aliphatic heterocycles. The Morgan fingerprint density at radius 3 is 2.33 bits per heavy atom. The van der Waals surface area contributed by atoms with E-state index < -0.39 is 0 Å². The third-order valence-corrected chi connectivity index (χ3v) is 5.09. The van der Waals surface area contributed by atoms with Crippen molar-refractivity contribution in [2.75, 3.05) is 36.0 Å². The van der Waals surface area contributed by atoms with E-state index >= 15 is 0 Å². The normalized spacial score (nSPS) is 14.4. The number of halogens is 1. The van der Waals surface area contributed by atoms with Gasteiger partial charge in [0.15, 0.2) is 0 Å². The molecule has 0 radical (unpaired) electrons. The summed E-state index contributed by atoms with van der Waals surface area (Å²) in [5, 5.41) is 4.57. The molecule has 0 amide bonds. The van der Waals surface area contributed by atoms with Crippen LogP contribution >= 0.6 is 11.6 Å². The van der Waals surface area contributed by atoms with Crippen molar-refractivity contribution in [3.05, 3.63) is 81.9 Å². The quantitative estimate of drug-likeness (QED) is 0.695. The number of rotatable bonds is 4. The highest BCUT2D eigenvalue weighted by Gasteiger charge is 2.22. The number of benzene rings is 1. The van der Waals surface area contributed by atoms with Crippen LogP contribution in [0.1, 0.15) is 5.56 Å². The van der Waals surface area contributed by atoms with Crippen molar-refractivity contribution >= 4 is 23.1 Å². The summed E-state index contributed by atoms with van der Waals surface area (Å²) in [6.45, 7) is 3.58. The average molecular weight is 382 g/mol. The molecule has 0 spiro atoms. The van der Waals surface area contributed by atoms with Crippen LogP contribution in [-0.2, 0) is 6.54 Å². The molecule has 4 rings (SSSR count). The van der Waals surface area contributed by atoms with E-state index in [1.54, 1.807) is 12.4 Å². The Balaban J connectivity index is 1.48. The Labute approximate surface area is 162 Å². The topological polar surface area (TPSA) is 54.3 Å². The minimum Gasteiger partial charge on any atom is -0.365 e. The maximum atomic E-state index is 12.6. The summed E-state index contributed by atoms with van der Waals surface area (Å²) in [5.74, 6) is 0.972. The van der Waals surface area contributed by atoms with Gasteiger partial charge in [-0.3, -0.25) is 4.79 Å². The Morgan fingerprint density at radius 1 is 0.926 bits per heavy atom. The number of anilines is 2. The van der Waals surface area contributed by atoms with E-state index in [1.165, 1.54) is 4.68 Å². The van der Waals surface area contributed by atoms with Crippen LogP contribution in [0, 0.1) is 0 Å². The molecule has 6 nitrogen and oxygen atoms in total. The maximum absolute atomic E-state index is 12.6. The first-order valence-electron chi connectivity index (χ1n) is 8.93. The summed E-state index contributed by atoms with van der Waals surface area (Å²) in [6.07, 6.45) is 3.50. The zero-order valence-electron chi connectivity index (χ0n) is 14.8. The fourth-order valence-corrected chi connectivity index (χ4v) is 3.53. The van der Waals surface area contributed by atoms with Crippen molar-refractivity contribution in [3.63, 3.8) is 0 Å². The van der Waals surface area contributed by atoms with Gasteiger partial charge in [-0.05, 0) is 17.7 Å². The SMILES string of the molecule is O=c1c(Cl)c(N2CCN(c3ccccn3)CC2)cnn1Cc1ccccc1. The van der Waals surface area contributed by atoms with Gasteiger partial charge in [0.05, 0.1) is 18.4 Å². The van der Waals surface area contributed by atoms with Crippen LogP contribution in [0.4, 0.5) is 11.5 Å². The molecule has 0 bridgehead atoms. The number of hydrogen-bond donors (Lipinski definition) is 0. The van der Waals surface area contributed by atoms with Crippen molar-refractivity contribution in [3.8, 4) is 0 Å². The van der Waals surface area contributed by atoms with Crippen molar-refractivity contribution in [1.82, 2.24) is 14.8 Å². The lowest BCUT2D eigenvalue weighted by Crippen LogP contribution is -2.47. The Hall–Kier alpha value is -2.86. The molecule has 7 heteroatoms. The van der Waals surface area contributed by atoms with Crippen LogP contribution in [0.3, 0.4) is 0 Å². The third kappa shape index (κ3) is 3.80. The molecule has 1 aromatic carbocycles. The fraction of sp³-hybridized carbons (Fsp3) is 0.250. The van der Waals surface area contributed by atoms with Crippen molar-refractivity contribution in [2.45, 2.75) is 6.54 Å². The summed E-state index contributed by atoms with van der Waals surface area (Å²) >= 11 is 6.41. The highest BCUT2D eigenvalue weighted by atomic mass is 35.5. The lowest BCUT2D eigenvalue weighted by atomic mass is 10.2. The number of piperazine rings is 1. The first-order valence-corrected chi connectivity index (χ1v) is 9.30. The van der Waals surface area contributed by atoms with E-state index in [-0.39, 0.29) is 10.6 Å². The molecule has 138 valence electrons. The van der Waals surface area contributed by atoms with Gasteiger partial charge in [-0.15, -0.1) is 0 Å². The average Bonchev–Trinajstić information content (AvgIpc) is 2.73. The van der Waals surface area contributed by atoms with Crippen molar-refractivity contribution in [2.24, 2.45) is 0 Å². The second-order valence-electron chi connectivity index (χ2n) is 6.45. The molecule has 0 aliphatic carbocycles. The number of aromatic nitrogens is 3. The van der Waals surface area contributed by atoms with Crippen LogP contribution in [-0.4, -0.2) is 40.9 Å². The zero-order valence-corrected chi connectivity index (χ0v) is 15.6. The number of nitrogens with zero attached hydrogens (tertiary/aromatic N) is 5. The third-order valence-electron chi connectivity index (χ3n) is 4.74. The van der Waals surface area contributed by atoms with Gasteiger partial charge in [0.25, 0.3) is 5.56 Å². The van der Waals surface area contributed by atoms with E-state index in [9.17, 15) is 4.79 Å². The highest BCUT2D eigenvalue weighted by molar-refractivity contribution is 6.33. The van der Waals surface area contributed by atoms with Crippen molar-refractivity contribution in [1.29, 1.82) is 0 Å². The Bertz CT molecular complexity index is 953. The highest BCUT2D eigenvalue weighted by Crippen LogP contribution is 2.23. The van der Waals surface area contributed by atoms with Gasteiger partial charge in [-0.2, -0.15) is 5.10 Å². The fourth-order valence-electron chi connectivity index (χ4n) is 3.26. The molecule has 0 saturated carbocycles. The second-order valence-corrected chi connectivity index (χ2v) is 6.83. The molecule has 0 atom stereocenters. The van der Waals surface area contributed by atoms with Crippen LogP contribution in [0.5, 0.6) is 0 Å². The minimum atomic E-state index is -0.259. The predicted molar refractivity (Wildman–Crippen MR) is 108 cm³/mol. The molecular formula is C20H20ClN5O. The second kappa shape index (κ2) is 7.80. The smallest absolute Gasteiger partial charge is 0.287 e. The molecule has 2 aromatic heterocycles. The van der Waals surface area contributed by atoms with E-state index in [4.69, 9.17) is 11.6 Å². The largest absolute Gasteiger partial charge is 0.365 e. The van der Waals surface area contributed by atoms with Gasteiger partial charge >= 0.3 is 0 Å². The van der Waals surface area contributed by atoms with Crippen LogP contribution in [0.25, 0.3) is 0 Å². The molecule has 1 fully saturated rings. The lowest BCUT2D eigenvalue weighted by Gasteiger charge is -2.36. The molecule has 1 aliphatic rings. The number of pyridine rings is 1. The Kier molecular flexibility index (Phi) is 5.07. The summed E-state index contributed by atoms with van der Waals surface area (Å²) in [5.41, 5.74) is 1.46. The van der Waals surface area contributed by atoms with E-state index in [0.29, 0.717) is 12.2 Å². The molecule has 3 aromatic rings. The molecule has 3 heterocycles. The first-order chi connectivity index (χ1) is 13.2. The molecular weight excluding hydrogens is 362 g/mol. The van der Waals surface area contributed by atoms with Gasteiger partial charge in [-0.1, -0.05) is 48.0 Å². The molecule has 0 N–H and O–H groups in total. The van der Waals surface area contributed by atoms with Gasteiger partial charge < -0.3 is 9.80 Å². The zero-order chi connectivity index (χ0) is 18.6. The summed E-state index contributed by atoms with van der Waals surface area (Å²) in [4.78, 5) is 21.4. The molecule has 1 saturated heterocycles. The summed E-state index contributed by atoms with van der Waals surface area (Å²) in [7, 11) is 0. The van der Waals surface area contributed by atoms with Crippen molar-refractivity contribution < 1.29 is 0 Å². The van der Waals surface area contributed by atoms with E-state index in [1.807, 2.05) is 48.5 Å². The van der Waals surface area contributed by atoms with Gasteiger partial charge in [0.2, 0.25) is 0 Å². The maximum Gasteiger partial charge on any atom is 0.287 e. The van der Waals surface area contributed by atoms with Crippen LogP contribution < -0.4 is 15.4 Å². The first kappa shape index (κ1) is 17.5. The van der Waals surface area contributed by atoms with Gasteiger partial charge in [-0.25, -0.2) is 9.67 Å². The molecule has 27 heavy (non-hydrogen) atoms. The standard InChI is InChI=1S/C20H20ClN5O/c21-19-17(14-23-26(20(19)27)15-16-6-2-1-3-7-16)24-10-12-25(13-11-24)18-8-4-5-9-22-18/h1-9,14H,10-13,15H2. The Morgan fingerprint density at radius 2 is 1.63 bits per heavy atom. The van der Waals surface area contributed by atoms with Crippen LogP contribution in [0.15, 0.2) is 65.7 Å². The molecule has 0 unspecified atom stereocenters. The predicted octanol–water partition coefficient (Wildman–Crippen LogP) is 2.67. The van der Waals surface area contributed by atoms with Gasteiger partial charge in [0, 0.05) is 32.4 Å². The van der Waals surface area contributed by atoms with Crippen LogP contribution in [0.2, 0.25) is 5.02 Å².